The summed E-state index contributed by atoms with van der Waals surface area (Å²) < 4.78 is 0. The largest absolute Gasteiger partial charge is 0.393 e. The van der Waals surface area contributed by atoms with Crippen molar-refractivity contribution in [2.45, 2.75) is 212 Å². The van der Waals surface area contributed by atoms with E-state index in [-0.39, 0.29) is 12.2 Å². The van der Waals surface area contributed by atoms with E-state index in [0.29, 0.717) is 0 Å². The van der Waals surface area contributed by atoms with Crippen LogP contribution in [0.2, 0.25) is 0 Å². The number of aliphatic hydroxyl groups is 2. The topological polar surface area (TPSA) is 40.5 Å². The van der Waals surface area contributed by atoms with Crippen molar-refractivity contribution >= 4 is 0 Å². The van der Waals surface area contributed by atoms with Gasteiger partial charge in [0.25, 0.3) is 0 Å². The molecule has 0 heterocycles. The second kappa shape index (κ2) is 31.9. The molecule has 2 unspecified atom stereocenters. The molecule has 0 aromatic heterocycles. The quantitative estimate of drug-likeness (QED) is 0.0702. The third-order valence-electron chi connectivity index (χ3n) is 7.90. The van der Waals surface area contributed by atoms with Crippen LogP contribution in [0.1, 0.15) is 200 Å². The van der Waals surface area contributed by atoms with E-state index in [2.05, 4.69) is 12.2 Å². The van der Waals surface area contributed by atoms with Gasteiger partial charge in [-0.1, -0.05) is 160 Å². The zero-order valence-corrected chi connectivity index (χ0v) is 25.7. The van der Waals surface area contributed by atoms with E-state index in [1.807, 2.05) is 13.8 Å². The summed E-state index contributed by atoms with van der Waals surface area (Å²) in [6.45, 7) is 3.80. The molecule has 0 aliphatic rings. The molecule has 0 aliphatic carbocycles. The van der Waals surface area contributed by atoms with Gasteiger partial charge in [-0.15, -0.1) is 0 Å². The molecule has 0 radical (unpaired) electrons. The number of rotatable bonds is 31. The second-order valence-electron chi connectivity index (χ2n) is 12.2. The molecule has 0 amide bonds. The molecule has 2 atom stereocenters. The molecular formula is C35H70O2. The number of aliphatic hydroxyl groups excluding tert-OH is 2. The maximum atomic E-state index is 9.26. The molecule has 0 fully saturated rings. The Labute approximate surface area is 234 Å². The monoisotopic (exact) mass is 523 g/mol. The molecule has 0 saturated carbocycles. The molecule has 2 nitrogen and oxygen atoms in total. The molecule has 222 valence electrons. The van der Waals surface area contributed by atoms with Crippen LogP contribution in [0, 0.1) is 0 Å². The van der Waals surface area contributed by atoms with Gasteiger partial charge in [-0.25, -0.2) is 0 Å². The first kappa shape index (κ1) is 36.7. The number of allylic oxidation sites excluding steroid dienone is 2. The summed E-state index contributed by atoms with van der Waals surface area (Å²) in [6.07, 6.45) is 43.9. The SMILES string of the molecule is CC(O)CCCCCCCCCCCCCC/C=C\CCCCCCCCCCCCCCCC(C)O. The molecular weight excluding hydrogens is 452 g/mol. The van der Waals surface area contributed by atoms with Crippen molar-refractivity contribution in [2.75, 3.05) is 0 Å². The summed E-state index contributed by atoms with van der Waals surface area (Å²) >= 11 is 0. The van der Waals surface area contributed by atoms with E-state index in [9.17, 15) is 10.2 Å². The maximum absolute atomic E-state index is 9.26. The van der Waals surface area contributed by atoms with Gasteiger partial charge >= 0.3 is 0 Å². The van der Waals surface area contributed by atoms with Crippen molar-refractivity contribution in [3.63, 3.8) is 0 Å². The summed E-state index contributed by atoms with van der Waals surface area (Å²) in [5.41, 5.74) is 0. The van der Waals surface area contributed by atoms with Crippen molar-refractivity contribution < 1.29 is 10.2 Å². The predicted octanol–water partition coefficient (Wildman–Crippen LogP) is 11.6. The van der Waals surface area contributed by atoms with Gasteiger partial charge in [0.05, 0.1) is 12.2 Å². The highest BCUT2D eigenvalue weighted by Crippen LogP contribution is 2.15. The molecule has 2 heteroatoms. The third kappa shape index (κ3) is 35.7. The first-order chi connectivity index (χ1) is 18.1. The lowest BCUT2D eigenvalue weighted by atomic mass is 10.0. The fourth-order valence-corrected chi connectivity index (χ4v) is 5.35. The Morgan fingerprint density at radius 3 is 0.730 bits per heavy atom. The van der Waals surface area contributed by atoms with E-state index in [0.717, 1.165) is 12.8 Å². The van der Waals surface area contributed by atoms with Crippen molar-refractivity contribution in [1.29, 1.82) is 0 Å². The van der Waals surface area contributed by atoms with Crippen LogP contribution < -0.4 is 0 Å². The fourth-order valence-electron chi connectivity index (χ4n) is 5.35. The number of unbranched alkanes of at least 4 members (excludes halogenated alkanes) is 25. The second-order valence-corrected chi connectivity index (χ2v) is 12.2. The van der Waals surface area contributed by atoms with Gasteiger partial charge in [0.1, 0.15) is 0 Å². The Bertz CT molecular complexity index is 429. The Morgan fingerprint density at radius 1 is 0.324 bits per heavy atom. The highest BCUT2D eigenvalue weighted by atomic mass is 16.3. The first-order valence-corrected chi connectivity index (χ1v) is 17.1. The van der Waals surface area contributed by atoms with E-state index < -0.39 is 0 Å². The van der Waals surface area contributed by atoms with Crippen LogP contribution in [0.5, 0.6) is 0 Å². The molecule has 2 N–H and O–H groups in total. The van der Waals surface area contributed by atoms with Crippen LogP contribution in [0.15, 0.2) is 12.2 Å². The maximum Gasteiger partial charge on any atom is 0.0512 e. The van der Waals surface area contributed by atoms with Crippen LogP contribution in [-0.4, -0.2) is 22.4 Å². The minimum atomic E-state index is -0.111. The van der Waals surface area contributed by atoms with Crippen molar-refractivity contribution in [3.05, 3.63) is 12.2 Å². The lowest BCUT2D eigenvalue weighted by molar-refractivity contribution is 0.180. The summed E-state index contributed by atoms with van der Waals surface area (Å²) in [5.74, 6) is 0. The summed E-state index contributed by atoms with van der Waals surface area (Å²) in [7, 11) is 0. The summed E-state index contributed by atoms with van der Waals surface area (Å²) in [4.78, 5) is 0. The van der Waals surface area contributed by atoms with E-state index in [1.54, 1.807) is 0 Å². The fraction of sp³-hybridized carbons (Fsp3) is 0.943. The van der Waals surface area contributed by atoms with Crippen LogP contribution >= 0.6 is 0 Å². The molecule has 0 aromatic rings. The van der Waals surface area contributed by atoms with Crippen LogP contribution in [0.4, 0.5) is 0 Å². The number of hydrogen-bond donors (Lipinski definition) is 2. The van der Waals surface area contributed by atoms with E-state index in [4.69, 9.17) is 0 Å². The van der Waals surface area contributed by atoms with Gasteiger partial charge < -0.3 is 10.2 Å². The zero-order chi connectivity index (χ0) is 27.1. The smallest absolute Gasteiger partial charge is 0.0512 e. The molecule has 0 saturated heterocycles. The van der Waals surface area contributed by atoms with E-state index in [1.165, 1.54) is 173 Å². The molecule has 0 aliphatic heterocycles. The van der Waals surface area contributed by atoms with Gasteiger partial charge in [-0.2, -0.15) is 0 Å². The third-order valence-corrected chi connectivity index (χ3v) is 7.90. The molecule has 0 aromatic carbocycles. The normalized spacial score (nSPS) is 13.5. The van der Waals surface area contributed by atoms with Crippen molar-refractivity contribution in [1.82, 2.24) is 0 Å². The minimum Gasteiger partial charge on any atom is -0.393 e. The molecule has 0 rings (SSSR count). The average molecular weight is 523 g/mol. The Morgan fingerprint density at radius 2 is 0.514 bits per heavy atom. The van der Waals surface area contributed by atoms with Crippen LogP contribution in [0.3, 0.4) is 0 Å². The van der Waals surface area contributed by atoms with Crippen molar-refractivity contribution in [3.8, 4) is 0 Å². The lowest BCUT2D eigenvalue weighted by Crippen LogP contribution is -1.98. The zero-order valence-electron chi connectivity index (χ0n) is 25.7. The van der Waals surface area contributed by atoms with Gasteiger partial charge in [0.2, 0.25) is 0 Å². The number of hydrogen-bond acceptors (Lipinski definition) is 2. The Kier molecular flexibility index (Phi) is 31.6. The molecule has 37 heavy (non-hydrogen) atoms. The summed E-state index contributed by atoms with van der Waals surface area (Å²) in [6, 6.07) is 0. The highest BCUT2D eigenvalue weighted by Gasteiger charge is 1.98. The predicted molar refractivity (Wildman–Crippen MR) is 166 cm³/mol. The van der Waals surface area contributed by atoms with E-state index >= 15 is 0 Å². The van der Waals surface area contributed by atoms with Crippen LogP contribution in [0.25, 0.3) is 0 Å². The summed E-state index contributed by atoms with van der Waals surface area (Å²) in [5, 5.41) is 18.5. The van der Waals surface area contributed by atoms with Crippen molar-refractivity contribution in [2.24, 2.45) is 0 Å². The highest BCUT2D eigenvalue weighted by molar-refractivity contribution is 4.81. The Hall–Kier alpha value is -0.340. The van der Waals surface area contributed by atoms with Gasteiger partial charge in [-0.3, -0.25) is 0 Å². The van der Waals surface area contributed by atoms with Gasteiger partial charge in [0, 0.05) is 0 Å². The first-order valence-electron chi connectivity index (χ1n) is 17.1. The minimum absolute atomic E-state index is 0.110. The van der Waals surface area contributed by atoms with Crippen LogP contribution in [-0.2, 0) is 0 Å². The average Bonchev–Trinajstić information content (AvgIpc) is 2.87. The van der Waals surface area contributed by atoms with Gasteiger partial charge in [0.15, 0.2) is 0 Å². The molecule has 0 spiro atoms. The standard InChI is InChI=1S/C35H70O2/c1-34(36)32-30-28-26-24-22-20-18-16-14-12-10-8-6-4-3-5-7-9-11-13-15-17-19-21-23-25-27-29-31-33-35(2)37/h3-4,34-37H,5-33H2,1-2H3/b4-3-. The van der Waals surface area contributed by atoms with Gasteiger partial charge in [-0.05, 0) is 52.4 Å². The Balaban J connectivity index is 3.09. The molecule has 0 bridgehead atoms. The lowest BCUT2D eigenvalue weighted by Gasteiger charge is -2.04.